The molecule has 0 aromatic heterocycles. The molecule has 18 atom stereocenters. The van der Waals surface area contributed by atoms with Crippen molar-refractivity contribution in [3.05, 3.63) is 23.8 Å². The number of cyclic esters (lactones) is 1. The zero-order chi connectivity index (χ0) is 48.1. The first-order valence-corrected chi connectivity index (χ1v) is 23.5. The van der Waals surface area contributed by atoms with Gasteiger partial charge in [0, 0.05) is 54.1 Å². The quantitative estimate of drug-likeness (QED) is 0.0892. The van der Waals surface area contributed by atoms with E-state index in [1.54, 1.807) is 47.6 Å². The normalized spacial score (nSPS) is 47.0. The number of carboxylic acids is 1. The minimum atomic E-state index is -2.16. The third-order valence-electron chi connectivity index (χ3n) is 16.8. The van der Waals surface area contributed by atoms with Gasteiger partial charge in [-0.25, -0.2) is 9.18 Å². The number of allylic oxidation sites excluding steroid dienone is 4. The van der Waals surface area contributed by atoms with Crippen LogP contribution in [0.2, 0.25) is 0 Å². The highest BCUT2D eigenvalue weighted by Gasteiger charge is 2.77. The summed E-state index contributed by atoms with van der Waals surface area (Å²) in [7, 11) is 0. The van der Waals surface area contributed by atoms with Crippen LogP contribution in [0.25, 0.3) is 0 Å². The van der Waals surface area contributed by atoms with Crippen molar-refractivity contribution in [2.24, 2.45) is 46.3 Å². The number of carboxylic acid groups (broad SMARTS) is 1. The summed E-state index contributed by atoms with van der Waals surface area (Å²) in [6.45, 7) is 17.5. The van der Waals surface area contributed by atoms with E-state index in [0.29, 0.717) is 31.6 Å². The fourth-order valence-electron chi connectivity index (χ4n) is 12.9. The molecule has 0 bridgehead atoms. The lowest BCUT2D eigenvalue weighted by atomic mass is 9.45. The standard InChI is InChI=1S/C48H77FN2O13/c1-11-36-46(10,62)40(57)30(6)51(25-26(2)23-45(9,61)39(56)28(4)38(55)29(5)41(58)63-36)20-12-18-50-19-16-37(54)64-48(42(59)60)27(3)21-34-33-14-13-31-22-32(52)15-17-43(31,7)47(33,49)35(53)24-44(34,48)8/h13,15,17,26-30,33-36,38-40,50,53,55-57,61-62H,11-12,14,16,18-25H2,1-10H3,(H,59,60)/t26-,27-,28+,29-,30-,33?,34?,35+,36-,38+,39-,40-,43+,44+,45-,46-,47+,48+/m1/s1. The van der Waals surface area contributed by atoms with Gasteiger partial charge in [0.25, 0.3) is 0 Å². The number of esters is 2. The molecule has 364 valence electrons. The molecule has 4 aliphatic carbocycles. The van der Waals surface area contributed by atoms with Crippen LogP contribution in [0.1, 0.15) is 121 Å². The maximum absolute atomic E-state index is 17.7. The lowest BCUT2D eigenvalue weighted by molar-refractivity contribution is -0.231. The number of halogens is 1. The minimum absolute atomic E-state index is 0.0608. The molecule has 64 heavy (non-hydrogen) atoms. The highest BCUT2D eigenvalue weighted by molar-refractivity contribution is 5.93. The van der Waals surface area contributed by atoms with Gasteiger partial charge in [-0.2, -0.15) is 0 Å². The summed E-state index contributed by atoms with van der Waals surface area (Å²) in [6, 6.07) is -0.688. The van der Waals surface area contributed by atoms with Crippen molar-refractivity contribution in [3.63, 3.8) is 0 Å². The Morgan fingerprint density at radius 1 is 0.969 bits per heavy atom. The van der Waals surface area contributed by atoms with Gasteiger partial charge in [-0.1, -0.05) is 52.3 Å². The molecular formula is C48H77FN2O13. The van der Waals surface area contributed by atoms with E-state index < -0.39 is 117 Å². The number of aliphatic carboxylic acids is 1. The highest BCUT2D eigenvalue weighted by atomic mass is 19.1. The van der Waals surface area contributed by atoms with Gasteiger partial charge in [0.05, 0.1) is 36.3 Å². The van der Waals surface area contributed by atoms with Crippen LogP contribution in [0.15, 0.2) is 23.8 Å². The van der Waals surface area contributed by atoms with Gasteiger partial charge in [-0.15, -0.1) is 0 Å². The van der Waals surface area contributed by atoms with E-state index in [4.69, 9.17) is 9.47 Å². The van der Waals surface area contributed by atoms with Gasteiger partial charge in [0.2, 0.25) is 5.60 Å². The van der Waals surface area contributed by atoms with E-state index in [2.05, 4.69) is 5.32 Å². The van der Waals surface area contributed by atoms with Crippen LogP contribution in [0, 0.1) is 46.3 Å². The number of rotatable bonds is 10. The first-order valence-electron chi connectivity index (χ1n) is 23.5. The average Bonchev–Trinajstić information content (AvgIpc) is 3.44. The van der Waals surface area contributed by atoms with Crippen molar-refractivity contribution in [3.8, 4) is 0 Å². The van der Waals surface area contributed by atoms with E-state index in [9.17, 15) is 54.9 Å². The molecule has 0 amide bonds. The van der Waals surface area contributed by atoms with E-state index >= 15 is 4.39 Å². The topological polar surface area (TPSA) is 244 Å². The Bertz CT molecular complexity index is 1810. The molecule has 0 aromatic rings. The SMILES string of the molecule is CC[C@H]1OC(=O)[C@H](C)[C@@H](O)[C@H](C)[C@@H](O)[C@](C)(O)C[C@@H](C)CN(CCCNCCC(=O)O[C@]2(C(=O)O)[C@H](C)CC3C4CC=C5CC(=O)C=C[C@]5(C)[C@@]4(F)[C@@H](O)C[C@@]32C)[C@H](C)[C@@H](O)[C@]1(C)O. The maximum atomic E-state index is 17.7. The summed E-state index contributed by atoms with van der Waals surface area (Å²) in [4.78, 5) is 54.4. The van der Waals surface area contributed by atoms with Crippen LogP contribution in [-0.2, 0) is 28.7 Å². The predicted octanol–water partition coefficient (Wildman–Crippen LogP) is 3.25. The maximum Gasteiger partial charge on any atom is 0.349 e. The number of hydrogen-bond acceptors (Lipinski definition) is 14. The van der Waals surface area contributed by atoms with Crippen molar-refractivity contribution in [1.82, 2.24) is 10.2 Å². The molecule has 8 N–H and O–H groups in total. The number of alkyl halides is 1. The largest absolute Gasteiger partial charge is 0.478 e. The zero-order valence-electron chi connectivity index (χ0n) is 39.6. The van der Waals surface area contributed by atoms with Gasteiger partial charge in [-0.05, 0) is 104 Å². The molecule has 0 radical (unpaired) electrons. The molecule has 0 aromatic carbocycles. The molecule has 1 saturated heterocycles. The van der Waals surface area contributed by atoms with E-state index in [1.165, 1.54) is 26.8 Å². The van der Waals surface area contributed by atoms with Gasteiger partial charge in [0.15, 0.2) is 11.5 Å². The van der Waals surface area contributed by atoms with Gasteiger partial charge in [-0.3, -0.25) is 19.3 Å². The Labute approximate surface area is 377 Å². The second kappa shape index (κ2) is 19.0. The molecular weight excluding hydrogens is 832 g/mol. The fourth-order valence-corrected chi connectivity index (χ4v) is 12.9. The number of aliphatic hydroxyl groups excluding tert-OH is 4. The molecule has 5 aliphatic rings. The summed E-state index contributed by atoms with van der Waals surface area (Å²) in [6.07, 6.45) is -1.24. The summed E-state index contributed by atoms with van der Waals surface area (Å²) in [5.41, 5.74) is -9.68. The van der Waals surface area contributed by atoms with Crippen LogP contribution in [0.3, 0.4) is 0 Å². The second-order valence-electron chi connectivity index (χ2n) is 21.3. The van der Waals surface area contributed by atoms with E-state index in [-0.39, 0.29) is 63.2 Å². The van der Waals surface area contributed by atoms with E-state index in [0.717, 1.165) is 0 Å². The molecule has 5 rings (SSSR count). The number of fused-ring (bicyclic) bond motifs is 5. The highest BCUT2D eigenvalue weighted by Crippen LogP contribution is 2.71. The number of nitrogens with one attached hydrogen (secondary N) is 1. The molecule has 1 heterocycles. The number of ether oxygens (including phenoxy) is 2. The number of ketones is 1. The number of carbonyl (C=O) groups is 4. The Balaban J connectivity index is 1.25. The smallest absolute Gasteiger partial charge is 0.349 e. The molecule has 15 nitrogen and oxygen atoms in total. The molecule has 3 fully saturated rings. The van der Waals surface area contributed by atoms with Crippen molar-refractivity contribution in [2.75, 3.05) is 26.2 Å². The van der Waals surface area contributed by atoms with Crippen LogP contribution in [0.5, 0.6) is 0 Å². The third-order valence-corrected chi connectivity index (χ3v) is 16.8. The van der Waals surface area contributed by atoms with Crippen molar-refractivity contribution < 1.29 is 68.8 Å². The fraction of sp³-hybridized carbons (Fsp3) is 0.833. The van der Waals surface area contributed by atoms with Gasteiger partial charge in [0.1, 0.15) is 17.8 Å². The lowest BCUT2D eigenvalue weighted by Gasteiger charge is -2.61. The summed E-state index contributed by atoms with van der Waals surface area (Å²) >= 11 is 0. The third kappa shape index (κ3) is 8.88. The number of hydrogen-bond donors (Lipinski definition) is 8. The Hall–Kier alpha value is -2.83. The molecule has 2 saturated carbocycles. The summed E-state index contributed by atoms with van der Waals surface area (Å²) in [5, 5.41) is 82.9. The summed E-state index contributed by atoms with van der Waals surface area (Å²) < 4.78 is 29.4. The first kappa shape index (κ1) is 52.1. The molecule has 0 spiro atoms. The monoisotopic (exact) mass is 909 g/mol. The van der Waals surface area contributed by atoms with Gasteiger partial charge < -0.3 is 50.5 Å². The summed E-state index contributed by atoms with van der Waals surface area (Å²) in [5.74, 6) is -7.35. The Morgan fingerprint density at radius 2 is 1.62 bits per heavy atom. The molecule has 16 heteroatoms. The van der Waals surface area contributed by atoms with Crippen molar-refractivity contribution >= 4 is 23.7 Å². The second-order valence-corrected chi connectivity index (χ2v) is 21.3. The molecule has 1 aliphatic heterocycles. The lowest BCUT2D eigenvalue weighted by Crippen LogP contribution is -2.69. The average molecular weight is 909 g/mol. The first-order chi connectivity index (χ1) is 29.6. The molecule has 2 unspecified atom stereocenters. The number of nitrogens with zero attached hydrogens (tertiary/aromatic N) is 1. The minimum Gasteiger partial charge on any atom is -0.478 e. The number of aliphatic hydroxyl groups is 6. The predicted molar refractivity (Wildman–Crippen MR) is 234 cm³/mol. The Kier molecular flexibility index (Phi) is 15.5. The van der Waals surface area contributed by atoms with Crippen LogP contribution in [0.4, 0.5) is 4.39 Å². The number of carbonyl (C=O) groups excluding carboxylic acids is 3. The van der Waals surface area contributed by atoms with E-state index in [1.807, 2.05) is 17.9 Å². The van der Waals surface area contributed by atoms with Crippen molar-refractivity contribution in [2.45, 2.75) is 180 Å². The van der Waals surface area contributed by atoms with Crippen LogP contribution < -0.4 is 5.32 Å². The van der Waals surface area contributed by atoms with Crippen molar-refractivity contribution in [1.29, 1.82) is 0 Å². The zero-order valence-corrected chi connectivity index (χ0v) is 39.6. The van der Waals surface area contributed by atoms with Crippen LogP contribution in [-0.4, -0.2) is 150 Å². The van der Waals surface area contributed by atoms with Crippen LogP contribution >= 0.6 is 0 Å². The van der Waals surface area contributed by atoms with Gasteiger partial charge >= 0.3 is 17.9 Å². The Morgan fingerprint density at radius 3 is 2.25 bits per heavy atom.